The third-order valence-corrected chi connectivity index (χ3v) is 4.52. The van der Waals surface area contributed by atoms with Crippen LogP contribution in [0.3, 0.4) is 0 Å². The van der Waals surface area contributed by atoms with Crippen LogP contribution < -0.4 is 10.1 Å². The van der Waals surface area contributed by atoms with Crippen LogP contribution in [-0.2, 0) is 14.3 Å². The van der Waals surface area contributed by atoms with E-state index in [9.17, 15) is 9.59 Å². The van der Waals surface area contributed by atoms with Crippen molar-refractivity contribution in [1.82, 2.24) is 5.32 Å². The SMILES string of the molecule is CC[C@@H](Oc1ccccc1)C(=O)O[C@H](C)C(=O)NC1CCCCCC1. The summed E-state index contributed by atoms with van der Waals surface area (Å²) in [5, 5.41) is 3.01. The maximum atomic E-state index is 12.3. The topological polar surface area (TPSA) is 64.6 Å². The zero-order valence-corrected chi connectivity index (χ0v) is 15.2. The lowest BCUT2D eigenvalue weighted by atomic mass is 10.1. The Balaban J connectivity index is 1.83. The fraction of sp³-hybridized carbons (Fsp3) is 0.600. The quantitative estimate of drug-likeness (QED) is 0.604. The second-order valence-electron chi connectivity index (χ2n) is 6.60. The standard InChI is InChI=1S/C20H29NO4/c1-3-18(25-17-13-9-6-10-14-17)20(23)24-15(2)19(22)21-16-11-7-4-5-8-12-16/h6,9-10,13-16,18H,3-5,7-8,11-12H2,1-2H3,(H,21,22)/t15-,18-/m1/s1. The number of hydrogen-bond donors (Lipinski definition) is 1. The summed E-state index contributed by atoms with van der Waals surface area (Å²) in [5.41, 5.74) is 0. The highest BCUT2D eigenvalue weighted by Crippen LogP contribution is 2.18. The Morgan fingerprint density at radius 3 is 2.36 bits per heavy atom. The molecule has 1 amide bonds. The molecule has 0 saturated heterocycles. The number of hydrogen-bond acceptors (Lipinski definition) is 4. The molecule has 138 valence electrons. The zero-order chi connectivity index (χ0) is 18.1. The van der Waals surface area contributed by atoms with Gasteiger partial charge >= 0.3 is 5.97 Å². The van der Waals surface area contributed by atoms with Gasteiger partial charge in [0.15, 0.2) is 12.2 Å². The first-order chi connectivity index (χ1) is 12.1. The van der Waals surface area contributed by atoms with Crippen LogP contribution in [0.25, 0.3) is 0 Å². The van der Waals surface area contributed by atoms with Gasteiger partial charge in [-0.25, -0.2) is 4.79 Å². The molecule has 1 N–H and O–H groups in total. The van der Waals surface area contributed by atoms with Crippen LogP contribution in [-0.4, -0.2) is 30.1 Å². The van der Waals surface area contributed by atoms with Crippen molar-refractivity contribution >= 4 is 11.9 Å². The molecule has 0 unspecified atom stereocenters. The monoisotopic (exact) mass is 347 g/mol. The minimum atomic E-state index is -0.816. The van der Waals surface area contributed by atoms with Crippen molar-refractivity contribution in [1.29, 1.82) is 0 Å². The van der Waals surface area contributed by atoms with Crippen LogP contribution in [0.4, 0.5) is 0 Å². The molecule has 2 rings (SSSR count). The van der Waals surface area contributed by atoms with Gasteiger partial charge in [0.05, 0.1) is 0 Å². The molecule has 5 nitrogen and oxygen atoms in total. The summed E-state index contributed by atoms with van der Waals surface area (Å²) in [6, 6.07) is 9.34. The van der Waals surface area contributed by atoms with E-state index in [1.807, 2.05) is 25.1 Å². The number of para-hydroxylation sites is 1. The van der Waals surface area contributed by atoms with Crippen molar-refractivity contribution in [2.24, 2.45) is 0 Å². The molecular formula is C20H29NO4. The van der Waals surface area contributed by atoms with Crippen LogP contribution in [0.1, 0.15) is 58.8 Å². The number of esters is 1. The molecule has 0 aliphatic heterocycles. The van der Waals surface area contributed by atoms with E-state index in [0.29, 0.717) is 12.2 Å². The number of rotatable bonds is 7. The van der Waals surface area contributed by atoms with Crippen LogP contribution in [0.5, 0.6) is 5.75 Å². The van der Waals surface area contributed by atoms with E-state index in [-0.39, 0.29) is 11.9 Å². The van der Waals surface area contributed by atoms with Gasteiger partial charge in [0.2, 0.25) is 0 Å². The minimum absolute atomic E-state index is 0.193. The highest BCUT2D eigenvalue weighted by Gasteiger charge is 2.26. The van der Waals surface area contributed by atoms with Gasteiger partial charge in [-0.3, -0.25) is 4.79 Å². The first-order valence-corrected chi connectivity index (χ1v) is 9.32. The Kier molecular flexibility index (Phi) is 7.76. The van der Waals surface area contributed by atoms with Crippen LogP contribution >= 0.6 is 0 Å². The molecule has 0 bridgehead atoms. The first-order valence-electron chi connectivity index (χ1n) is 9.32. The van der Waals surface area contributed by atoms with Crippen molar-refractivity contribution in [2.75, 3.05) is 0 Å². The second-order valence-corrected chi connectivity index (χ2v) is 6.60. The van der Waals surface area contributed by atoms with Crippen molar-refractivity contribution in [3.63, 3.8) is 0 Å². The molecule has 0 heterocycles. The third kappa shape index (κ3) is 6.40. The molecule has 1 aliphatic rings. The van der Waals surface area contributed by atoms with Crippen LogP contribution in [0.2, 0.25) is 0 Å². The van der Waals surface area contributed by atoms with Crippen molar-refractivity contribution in [2.45, 2.75) is 77.0 Å². The molecule has 5 heteroatoms. The van der Waals surface area contributed by atoms with E-state index >= 15 is 0 Å². The number of carbonyl (C=O) groups is 2. The highest BCUT2D eigenvalue weighted by molar-refractivity contribution is 5.84. The van der Waals surface area contributed by atoms with Crippen LogP contribution in [0.15, 0.2) is 30.3 Å². The van der Waals surface area contributed by atoms with Gasteiger partial charge in [-0.05, 0) is 38.3 Å². The largest absolute Gasteiger partial charge is 0.479 e. The molecule has 1 saturated carbocycles. The van der Waals surface area contributed by atoms with Crippen molar-refractivity contribution in [3.05, 3.63) is 30.3 Å². The highest BCUT2D eigenvalue weighted by atomic mass is 16.6. The molecule has 1 fully saturated rings. The average molecular weight is 347 g/mol. The van der Waals surface area contributed by atoms with Gasteiger partial charge in [0.25, 0.3) is 5.91 Å². The zero-order valence-electron chi connectivity index (χ0n) is 15.2. The Morgan fingerprint density at radius 1 is 1.12 bits per heavy atom. The van der Waals surface area contributed by atoms with Gasteiger partial charge in [-0.1, -0.05) is 50.8 Å². The molecule has 0 spiro atoms. The molecule has 1 aromatic rings. The minimum Gasteiger partial charge on any atom is -0.479 e. The summed E-state index contributed by atoms with van der Waals surface area (Å²) in [4.78, 5) is 24.6. The molecular weight excluding hydrogens is 318 g/mol. The fourth-order valence-corrected chi connectivity index (χ4v) is 3.01. The second kappa shape index (κ2) is 10.1. The Bertz CT molecular complexity index is 538. The number of carbonyl (C=O) groups excluding carboxylic acids is 2. The summed E-state index contributed by atoms with van der Waals surface area (Å²) >= 11 is 0. The van der Waals surface area contributed by atoms with Gasteiger partial charge < -0.3 is 14.8 Å². The summed E-state index contributed by atoms with van der Waals surface area (Å²) in [7, 11) is 0. The third-order valence-electron chi connectivity index (χ3n) is 4.52. The number of benzene rings is 1. The Hall–Kier alpha value is -2.04. The molecule has 0 aromatic heterocycles. The van der Waals surface area contributed by atoms with Gasteiger partial charge in [-0.15, -0.1) is 0 Å². The first kappa shape index (κ1) is 19.3. The van der Waals surface area contributed by atoms with E-state index in [1.54, 1.807) is 19.1 Å². The summed E-state index contributed by atoms with van der Waals surface area (Å²) < 4.78 is 11.0. The maximum absolute atomic E-state index is 12.3. The summed E-state index contributed by atoms with van der Waals surface area (Å²) in [5.74, 6) is -0.119. The fourth-order valence-electron chi connectivity index (χ4n) is 3.01. The van der Waals surface area contributed by atoms with E-state index in [4.69, 9.17) is 9.47 Å². The summed E-state index contributed by atoms with van der Waals surface area (Å²) in [6.45, 7) is 3.46. The number of amides is 1. The lowest BCUT2D eigenvalue weighted by molar-refractivity contribution is -0.161. The van der Waals surface area contributed by atoms with Crippen LogP contribution in [0, 0.1) is 0 Å². The predicted molar refractivity (Wildman–Crippen MR) is 96.3 cm³/mol. The smallest absolute Gasteiger partial charge is 0.348 e. The summed E-state index contributed by atoms with van der Waals surface area (Å²) in [6.07, 6.45) is 5.69. The van der Waals surface area contributed by atoms with E-state index in [2.05, 4.69) is 5.32 Å². The Labute approximate surface area is 150 Å². The number of nitrogens with one attached hydrogen (secondary N) is 1. The lowest BCUT2D eigenvalue weighted by Crippen LogP contribution is -2.43. The predicted octanol–water partition coefficient (Wildman–Crippen LogP) is 3.61. The lowest BCUT2D eigenvalue weighted by Gasteiger charge is -2.22. The normalized spacial score (nSPS) is 17.8. The molecule has 0 radical (unpaired) electrons. The van der Waals surface area contributed by atoms with Gasteiger partial charge in [0, 0.05) is 6.04 Å². The van der Waals surface area contributed by atoms with E-state index in [0.717, 1.165) is 25.7 Å². The van der Waals surface area contributed by atoms with E-state index < -0.39 is 18.2 Å². The average Bonchev–Trinajstić information content (AvgIpc) is 2.89. The van der Waals surface area contributed by atoms with Crippen molar-refractivity contribution in [3.8, 4) is 5.75 Å². The van der Waals surface area contributed by atoms with Gasteiger partial charge in [-0.2, -0.15) is 0 Å². The molecule has 1 aliphatic carbocycles. The van der Waals surface area contributed by atoms with Crippen molar-refractivity contribution < 1.29 is 19.1 Å². The van der Waals surface area contributed by atoms with Gasteiger partial charge in [0.1, 0.15) is 5.75 Å². The molecule has 25 heavy (non-hydrogen) atoms. The molecule has 2 atom stereocenters. The Morgan fingerprint density at radius 2 is 1.76 bits per heavy atom. The van der Waals surface area contributed by atoms with E-state index in [1.165, 1.54) is 12.8 Å². The molecule has 1 aromatic carbocycles. The number of ether oxygens (including phenoxy) is 2. The maximum Gasteiger partial charge on any atom is 0.348 e.